The zero-order valence-corrected chi connectivity index (χ0v) is 11.7. The molecule has 1 aromatic carbocycles. The molecule has 0 aliphatic heterocycles. The van der Waals surface area contributed by atoms with Gasteiger partial charge in [-0.1, -0.05) is 44.2 Å². The van der Waals surface area contributed by atoms with Crippen molar-refractivity contribution in [1.82, 2.24) is 5.43 Å². The normalized spacial score (nSPS) is 11.7. The van der Waals surface area contributed by atoms with Gasteiger partial charge in [0.2, 0.25) is 0 Å². The van der Waals surface area contributed by atoms with Gasteiger partial charge < -0.3 is 4.42 Å². The van der Waals surface area contributed by atoms with Gasteiger partial charge in [0.05, 0.1) is 12.0 Å². The number of hydrazone groups is 1. The van der Waals surface area contributed by atoms with E-state index in [0.29, 0.717) is 5.92 Å². The van der Waals surface area contributed by atoms with E-state index in [2.05, 4.69) is 24.4 Å². The number of benzene rings is 1. The summed E-state index contributed by atoms with van der Waals surface area (Å²) >= 11 is 0. The van der Waals surface area contributed by atoms with Crippen LogP contribution in [0.4, 0.5) is 0 Å². The SMILES string of the molecule is CC(C)CC(=NNC(=O)c1ccco1)c1ccccc1. The maximum atomic E-state index is 11.8. The number of hydrogen-bond acceptors (Lipinski definition) is 3. The number of hydrogen-bond donors (Lipinski definition) is 1. The zero-order chi connectivity index (χ0) is 14.4. The van der Waals surface area contributed by atoms with Gasteiger partial charge in [-0.15, -0.1) is 0 Å². The molecule has 20 heavy (non-hydrogen) atoms. The number of carbonyl (C=O) groups is 1. The number of carbonyl (C=O) groups excluding carboxylic acids is 1. The summed E-state index contributed by atoms with van der Waals surface area (Å²) in [7, 11) is 0. The molecule has 2 aromatic rings. The maximum Gasteiger partial charge on any atom is 0.307 e. The van der Waals surface area contributed by atoms with Gasteiger partial charge in [-0.3, -0.25) is 4.79 Å². The van der Waals surface area contributed by atoms with Crippen LogP contribution in [0.15, 0.2) is 58.2 Å². The molecule has 0 atom stereocenters. The van der Waals surface area contributed by atoms with E-state index in [0.717, 1.165) is 17.7 Å². The van der Waals surface area contributed by atoms with Crippen LogP contribution in [-0.2, 0) is 0 Å². The van der Waals surface area contributed by atoms with Gasteiger partial charge in [-0.25, -0.2) is 5.43 Å². The molecule has 2 rings (SSSR count). The molecule has 0 unspecified atom stereocenters. The van der Waals surface area contributed by atoms with Crippen LogP contribution in [0.25, 0.3) is 0 Å². The topological polar surface area (TPSA) is 54.6 Å². The molecule has 4 nitrogen and oxygen atoms in total. The second-order valence-corrected chi connectivity index (χ2v) is 4.94. The van der Waals surface area contributed by atoms with Crippen LogP contribution < -0.4 is 5.43 Å². The fourth-order valence-corrected chi connectivity index (χ4v) is 1.83. The van der Waals surface area contributed by atoms with Gasteiger partial charge in [0, 0.05) is 0 Å². The van der Waals surface area contributed by atoms with Crippen LogP contribution in [0.1, 0.15) is 36.4 Å². The third kappa shape index (κ3) is 3.82. The Labute approximate surface area is 118 Å². The van der Waals surface area contributed by atoms with E-state index < -0.39 is 0 Å². The van der Waals surface area contributed by atoms with Gasteiger partial charge >= 0.3 is 5.91 Å². The lowest BCUT2D eigenvalue weighted by Crippen LogP contribution is -2.20. The molecular weight excluding hydrogens is 252 g/mol. The van der Waals surface area contributed by atoms with Crippen molar-refractivity contribution in [2.45, 2.75) is 20.3 Å². The molecule has 0 saturated carbocycles. The first-order valence-electron chi connectivity index (χ1n) is 6.62. The fourth-order valence-electron chi connectivity index (χ4n) is 1.83. The largest absolute Gasteiger partial charge is 0.459 e. The minimum Gasteiger partial charge on any atom is -0.459 e. The molecular formula is C16H18N2O2. The minimum absolute atomic E-state index is 0.255. The van der Waals surface area contributed by atoms with E-state index in [1.54, 1.807) is 12.1 Å². The monoisotopic (exact) mass is 270 g/mol. The molecule has 104 valence electrons. The van der Waals surface area contributed by atoms with Gasteiger partial charge in [0.1, 0.15) is 0 Å². The van der Waals surface area contributed by atoms with Gasteiger partial charge in [0.15, 0.2) is 5.76 Å². The van der Waals surface area contributed by atoms with E-state index in [4.69, 9.17) is 4.42 Å². The molecule has 1 aromatic heterocycles. The Hall–Kier alpha value is -2.36. The van der Waals surface area contributed by atoms with Crippen LogP contribution in [0, 0.1) is 5.92 Å². The lowest BCUT2D eigenvalue weighted by Gasteiger charge is -2.09. The molecule has 0 fully saturated rings. The molecule has 1 heterocycles. The summed E-state index contributed by atoms with van der Waals surface area (Å²) in [5.41, 5.74) is 4.42. The van der Waals surface area contributed by atoms with Crippen LogP contribution in [0.2, 0.25) is 0 Å². The first-order valence-corrected chi connectivity index (χ1v) is 6.62. The van der Waals surface area contributed by atoms with Crippen LogP contribution >= 0.6 is 0 Å². The van der Waals surface area contributed by atoms with Gasteiger partial charge in [-0.2, -0.15) is 5.10 Å². The van der Waals surface area contributed by atoms with Crippen molar-refractivity contribution in [3.05, 3.63) is 60.1 Å². The number of nitrogens with zero attached hydrogens (tertiary/aromatic N) is 1. The van der Waals surface area contributed by atoms with Crippen molar-refractivity contribution in [3.8, 4) is 0 Å². The second-order valence-electron chi connectivity index (χ2n) is 4.94. The zero-order valence-electron chi connectivity index (χ0n) is 11.7. The highest BCUT2D eigenvalue weighted by molar-refractivity contribution is 6.02. The average molecular weight is 270 g/mol. The van der Waals surface area contributed by atoms with E-state index in [1.807, 2.05) is 30.3 Å². The maximum absolute atomic E-state index is 11.8. The fraction of sp³-hybridized carbons (Fsp3) is 0.250. The summed E-state index contributed by atoms with van der Waals surface area (Å²) in [5.74, 6) is 0.368. The molecule has 0 aliphatic carbocycles. The Balaban J connectivity index is 2.14. The Bertz CT molecular complexity index is 572. The standard InChI is InChI=1S/C16H18N2O2/c1-12(2)11-14(13-7-4-3-5-8-13)17-18-16(19)15-9-6-10-20-15/h3-10,12H,11H2,1-2H3,(H,18,19). The second kappa shape index (κ2) is 6.70. The van der Waals surface area contributed by atoms with Crippen LogP contribution in [-0.4, -0.2) is 11.6 Å². The first-order chi connectivity index (χ1) is 9.66. The summed E-state index contributed by atoms with van der Waals surface area (Å²) in [6.07, 6.45) is 2.26. The number of amides is 1. The summed E-state index contributed by atoms with van der Waals surface area (Å²) < 4.78 is 5.03. The van der Waals surface area contributed by atoms with E-state index in [1.165, 1.54) is 6.26 Å². The Morgan fingerprint density at radius 3 is 2.55 bits per heavy atom. The summed E-state index contributed by atoms with van der Waals surface area (Å²) in [6, 6.07) is 13.1. The van der Waals surface area contributed by atoms with Crippen LogP contribution in [0.5, 0.6) is 0 Å². The molecule has 0 bridgehead atoms. The first kappa shape index (κ1) is 14.1. The van der Waals surface area contributed by atoms with E-state index in [9.17, 15) is 4.79 Å². The molecule has 0 radical (unpaired) electrons. The summed E-state index contributed by atoms with van der Waals surface area (Å²) in [6.45, 7) is 4.24. The lowest BCUT2D eigenvalue weighted by atomic mass is 10.0. The van der Waals surface area contributed by atoms with E-state index in [-0.39, 0.29) is 11.7 Å². The number of nitrogens with one attached hydrogen (secondary N) is 1. The highest BCUT2D eigenvalue weighted by atomic mass is 16.3. The Morgan fingerprint density at radius 2 is 1.95 bits per heavy atom. The third-order valence-electron chi connectivity index (χ3n) is 2.75. The van der Waals surface area contributed by atoms with Gasteiger partial charge in [0.25, 0.3) is 0 Å². The van der Waals surface area contributed by atoms with Crippen molar-refractivity contribution in [2.24, 2.45) is 11.0 Å². The van der Waals surface area contributed by atoms with Crippen molar-refractivity contribution in [1.29, 1.82) is 0 Å². The molecule has 0 aliphatic rings. The number of furan rings is 1. The molecule has 1 N–H and O–H groups in total. The van der Waals surface area contributed by atoms with Gasteiger partial charge in [-0.05, 0) is 30.0 Å². The predicted octanol–water partition coefficient (Wildman–Crippen LogP) is 3.46. The van der Waals surface area contributed by atoms with Crippen molar-refractivity contribution in [2.75, 3.05) is 0 Å². The molecule has 4 heteroatoms. The quantitative estimate of drug-likeness (QED) is 0.668. The van der Waals surface area contributed by atoms with Crippen molar-refractivity contribution < 1.29 is 9.21 Å². The van der Waals surface area contributed by atoms with Crippen LogP contribution in [0.3, 0.4) is 0 Å². The summed E-state index contributed by atoms with van der Waals surface area (Å²) in [5, 5.41) is 4.25. The highest BCUT2D eigenvalue weighted by Crippen LogP contribution is 2.10. The molecule has 0 saturated heterocycles. The third-order valence-corrected chi connectivity index (χ3v) is 2.75. The predicted molar refractivity (Wildman–Crippen MR) is 78.6 cm³/mol. The van der Waals surface area contributed by atoms with E-state index >= 15 is 0 Å². The Kier molecular flexibility index (Phi) is 4.71. The Morgan fingerprint density at radius 1 is 1.20 bits per heavy atom. The average Bonchev–Trinajstić information content (AvgIpc) is 2.98. The minimum atomic E-state index is -0.341. The van der Waals surface area contributed by atoms with Crippen molar-refractivity contribution in [3.63, 3.8) is 0 Å². The summed E-state index contributed by atoms with van der Waals surface area (Å²) in [4.78, 5) is 11.8. The highest BCUT2D eigenvalue weighted by Gasteiger charge is 2.10. The molecule has 0 spiro atoms. The van der Waals surface area contributed by atoms with Crippen molar-refractivity contribution >= 4 is 11.6 Å². The molecule has 1 amide bonds. The smallest absolute Gasteiger partial charge is 0.307 e. The lowest BCUT2D eigenvalue weighted by molar-refractivity contribution is 0.0927. The number of rotatable bonds is 5.